The molecule has 128 valence electrons. The summed E-state index contributed by atoms with van der Waals surface area (Å²) in [6.07, 6.45) is 6.19. The molecule has 5 nitrogen and oxygen atoms in total. The summed E-state index contributed by atoms with van der Waals surface area (Å²) in [4.78, 5) is 24.7. The van der Waals surface area contributed by atoms with Gasteiger partial charge in [-0.25, -0.2) is 0 Å². The summed E-state index contributed by atoms with van der Waals surface area (Å²) in [6, 6.07) is 16.6. The zero-order valence-corrected chi connectivity index (χ0v) is 13.9. The molecule has 0 radical (unpaired) electrons. The standard InChI is InChI=1S/C20H20N2O3/c23-20(13-10-16-8-11-18(12-9-16)22(24)25)21-14-4-7-19(21)15-17-5-2-1-3-6-17/h1-3,5-6,8-13,19H,4,7,14-15H2/b13-10+. The van der Waals surface area contributed by atoms with E-state index < -0.39 is 4.92 Å². The first-order valence-electron chi connectivity index (χ1n) is 8.40. The quantitative estimate of drug-likeness (QED) is 0.473. The second kappa shape index (κ2) is 7.75. The summed E-state index contributed by atoms with van der Waals surface area (Å²) in [5, 5.41) is 10.7. The molecule has 1 aliphatic rings. The van der Waals surface area contributed by atoms with E-state index in [2.05, 4.69) is 12.1 Å². The number of carbonyl (C=O) groups excluding carboxylic acids is 1. The van der Waals surface area contributed by atoms with E-state index in [0.29, 0.717) is 0 Å². The third-order valence-electron chi connectivity index (χ3n) is 4.50. The lowest BCUT2D eigenvalue weighted by atomic mass is 10.0. The minimum Gasteiger partial charge on any atom is -0.336 e. The molecule has 0 aromatic heterocycles. The molecule has 2 aromatic rings. The summed E-state index contributed by atoms with van der Waals surface area (Å²) in [7, 11) is 0. The predicted molar refractivity (Wildman–Crippen MR) is 97.0 cm³/mol. The Kier molecular flexibility index (Phi) is 5.23. The third-order valence-corrected chi connectivity index (χ3v) is 4.50. The molecule has 0 spiro atoms. The number of nitrogens with zero attached hydrogens (tertiary/aromatic N) is 2. The lowest BCUT2D eigenvalue weighted by molar-refractivity contribution is -0.384. The normalized spacial score (nSPS) is 17.1. The van der Waals surface area contributed by atoms with Gasteiger partial charge in [0.25, 0.3) is 5.69 Å². The third kappa shape index (κ3) is 4.32. The first-order valence-corrected chi connectivity index (χ1v) is 8.40. The van der Waals surface area contributed by atoms with Gasteiger partial charge in [0.05, 0.1) is 4.92 Å². The fraction of sp³-hybridized carbons (Fsp3) is 0.250. The van der Waals surface area contributed by atoms with Gasteiger partial charge in [-0.05, 0) is 48.6 Å². The molecule has 1 fully saturated rings. The Morgan fingerprint density at radius 1 is 1.16 bits per heavy atom. The molecule has 5 heteroatoms. The minimum absolute atomic E-state index is 0.00298. The molecule has 1 amide bonds. The number of amides is 1. The van der Waals surface area contributed by atoms with Crippen molar-refractivity contribution in [1.29, 1.82) is 0 Å². The predicted octanol–water partition coefficient (Wildman–Crippen LogP) is 3.84. The molecule has 1 unspecified atom stereocenters. The number of likely N-dealkylation sites (tertiary alicyclic amines) is 1. The Hall–Kier alpha value is -2.95. The highest BCUT2D eigenvalue weighted by molar-refractivity contribution is 5.92. The molecule has 1 atom stereocenters. The molecule has 0 N–H and O–H groups in total. The maximum Gasteiger partial charge on any atom is 0.269 e. The van der Waals surface area contributed by atoms with Crippen molar-refractivity contribution in [1.82, 2.24) is 4.90 Å². The van der Waals surface area contributed by atoms with Crippen LogP contribution in [0.4, 0.5) is 5.69 Å². The number of nitro groups is 1. The zero-order valence-electron chi connectivity index (χ0n) is 13.9. The van der Waals surface area contributed by atoms with Crippen molar-refractivity contribution in [3.05, 3.63) is 81.9 Å². The van der Waals surface area contributed by atoms with Crippen LogP contribution in [0.25, 0.3) is 6.08 Å². The number of carbonyl (C=O) groups is 1. The van der Waals surface area contributed by atoms with Crippen LogP contribution in [0.15, 0.2) is 60.7 Å². The highest BCUT2D eigenvalue weighted by atomic mass is 16.6. The van der Waals surface area contributed by atoms with Gasteiger partial charge in [0.1, 0.15) is 0 Å². The Balaban J connectivity index is 1.64. The van der Waals surface area contributed by atoms with Gasteiger partial charge in [-0.15, -0.1) is 0 Å². The van der Waals surface area contributed by atoms with Crippen LogP contribution in [0.1, 0.15) is 24.0 Å². The number of rotatable bonds is 5. The second-order valence-corrected chi connectivity index (χ2v) is 6.20. The lowest BCUT2D eigenvalue weighted by Gasteiger charge is -2.23. The van der Waals surface area contributed by atoms with Gasteiger partial charge in [-0.1, -0.05) is 30.3 Å². The number of hydrogen-bond acceptors (Lipinski definition) is 3. The van der Waals surface area contributed by atoms with E-state index in [4.69, 9.17) is 0 Å². The smallest absolute Gasteiger partial charge is 0.269 e. The lowest BCUT2D eigenvalue weighted by Crippen LogP contribution is -2.35. The van der Waals surface area contributed by atoms with Gasteiger partial charge >= 0.3 is 0 Å². The van der Waals surface area contributed by atoms with Crippen LogP contribution in [0.5, 0.6) is 0 Å². The molecule has 2 aromatic carbocycles. The summed E-state index contributed by atoms with van der Waals surface area (Å²) in [5.74, 6) is -0.00298. The number of benzene rings is 2. The van der Waals surface area contributed by atoms with Crippen molar-refractivity contribution in [2.75, 3.05) is 6.54 Å². The maximum atomic E-state index is 12.5. The molecule has 3 rings (SSSR count). The van der Waals surface area contributed by atoms with E-state index in [0.717, 1.165) is 31.4 Å². The van der Waals surface area contributed by atoms with Crippen LogP contribution in [0.2, 0.25) is 0 Å². The van der Waals surface area contributed by atoms with Gasteiger partial charge < -0.3 is 4.90 Å². The van der Waals surface area contributed by atoms with Crippen LogP contribution in [0.3, 0.4) is 0 Å². The fourth-order valence-corrected chi connectivity index (χ4v) is 3.19. The molecular formula is C20H20N2O3. The Morgan fingerprint density at radius 3 is 2.56 bits per heavy atom. The molecule has 1 heterocycles. The van der Waals surface area contributed by atoms with Crippen molar-refractivity contribution < 1.29 is 9.72 Å². The van der Waals surface area contributed by atoms with Gasteiger partial charge in [-0.3, -0.25) is 14.9 Å². The van der Waals surface area contributed by atoms with E-state index in [-0.39, 0.29) is 17.6 Å². The average molecular weight is 336 g/mol. The Bertz CT molecular complexity index is 769. The van der Waals surface area contributed by atoms with E-state index in [9.17, 15) is 14.9 Å². The molecule has 1 aliphatic heterocycles. The maximum absolute atomic E-state index is 12.5. The summed E-state index contributed by atoms with van der Waals surface area (Å²) >= 11 is 0. The van der Waals surface area contributed by atoms with Crippen LogP contribution >= 0.6 is 0 Å². The number of hydrogen-bond donors (Lipinski definition) is 0. The fourth-order valence-electron chi connectivity index (χ4n) is 3.19. The van der Waals surface area contributed by atoms with Gasteiger partial charge in [0.15, 0.2) is 0 Å². The van der Waals surface area contributed by atoms with Crippen LogP contribution in [-0.4, -0.2) is 28.3 Å². The Labute approximate surface area is 146 Å². The molecule has 0 saturated carbocycles. The van der Waals surface area contributed by atoms with Crippen molar-refractivity contribution in [3.8, 4) is 0 Å². The largest absolute Gasteiger partial charge is 0.336 e. The summed E-state index contributed by atoms with van der Waals surface area (Å²) in [5.41, 5.74) is 2.07. The molecule has 0 bridgehead atoms. The van der Waals surface area contributed by atoms with Gasteiger partial charge in [0.2, 0.25) is 5.91 Å². The van der Waals surface area contributed by atoms with Crippen LogP contribution in [-0.2, 0) is 11.2 Å². The highest BCUT2D eigenvalue weighted by Crippen LogP contribution is 2.22. The molecule has 0 aliphatic carbocycles. The molecular weight excluding hydrogens is 316 g/mol. The van der Waals surface area contributed by atoms with Crippen molar-refractivity contribution in [2.24, 2.45) is 0 Å². The highest BCUT2D eigenvalue weighted by Gasteiger charge is 2.27. The average Bonchev–Trinajstić information content (AvgIpc) is 3.09. The van der Waals surface area contributed by atoms with Crippen molar-refractivity contribution in [2.45, 2.75) is 25.3 Å². The first kappa shape index (κ1) is 16.9. The van der Waals surface area contributed by atoms with E-state index in [1.54, 1.807) is 24.3 Å². The van der Waals surface area contributed by atoms with Crippen LogP contribution in [0, 0.1) is 10.1 Å². The van der Waals surface area contributed by atoms with E-state index >= 15 is 0 Å². The molecule has 1 saturated heterocycles. The second-order valence-electron chi connectivity index (χ2n) is 6.20. The van der Waals surface area contributed by atoms with Crippen LogP contribution < -0.4 is 0 Å². The monoisotopic (exact) mass is 336 g/mol. The molecule has 25 heavy (non-hydrogen) atoms. The Morgan fingerprint density at radius 2 is 1.88 bits per heavy atom. The van der Waals surface area contributed by atoms with Crippen molar-refractivity contribution in [3.63, 3.8) is 0 Å². The topological polar surface area (TPSA) is 63.4 Å². The SMILES string of the molecule is O=C(/C=C/c1ccc([N+](=O)[O-])cc1)N1CCCC1Cc1ccccc1. The van der Waals surface area contributed by atoms with Crippen molar-refractivity contribution >= 4 is 17.7 Å². The first-order chi connectivity index (χ1) is 12.1. The van der Waals surface area contributed by atoms with Gasteiger partial charge in [0, 0.05) is 30.8 Å². The number of nitro benzene ring substituents is 1. The summed E-state index contributed by atoms with van der Waals surface area (Å²) < 4.78 is 0. The minimum atomic E-state index is -0.433. The van der Waals surface area contributed by atoms with E-state index in [1.165, 1.54) is 17.7 Å². The number of non-ortho nitro benzene ring substituents is 1. The summed E-state index contributed by atoms with van der Waals surface area (Å²) in [6.45, 7) is 0.779. The van der Waals surface area contributed by atoms with E-state index in [1.807, 2.05) is 23.1 Å². The van der Waals surface area contributed by atoms with Gasteiger partial charge in [-0.2, -0.15) is 0 Å². The zero-order chi connectivity index (χ0) is 17.6.